The van der Waals surface area contributed by atoms with Crippen molar-refractivity contribution < 1.29 is 14.3 Å². The summed E-state index contributed by atoms with van der Waals surface area (Å²) in [7, 11) is 1.58. The summed E-state index contributed by atoms with van der Waals surface area (Å²) in [6.07, 6.45) is 2.13. The van der Waals surface area contributed by atoms with Crippen molar-refractivity contribution in [2.45, 2.75) is 52.4 Å². The van der Waals surface area contributed by atoms with Crippen LogP contribution in [0.5, 0.6) is 5.75 Å². The molecule has 1 heterocycles. The Balaban J connectivity index is 2.22. The predicted octanol–water partition coefficient (Wildman–Crippen LogP) is 3.50. The summed E-state index contributed by atoms with van der Waals surface area (Å²) < 4.78 is 5.39. The van der Waals surface area contributed by atoms with Gasteiger partial charge in [-0.3, -0.25) is 4.79 Å². The topological polar surface area (TPSA) is 84.7 Å². The number of methoxy groups -OCH3 is 1. The van der Waals surface area contributed by atoms with E-state index in [1.807, 2.05) is 25.1 Å². The van der Waals surface area contributed by atoms with Gasteiger partial charge < -0.3 is 20.7 Å². The van der Waals surface area contributed by atoms with Crippen LogP contribution >= 0.6 is 0 Å². The fourth-order valence-corrected chi connectivity index (χ4v) is 3.44. The minimum absolute atomic E-state index is 0.0415. The Hall–Kier alpha value is -2.24. The van der Waals surface area contributed by atoms with E-state index in [2.05, 4.69) is 26.1 Å². The van der Waals surface area contributed by atoms with Gasteiger partial charge in [-0.15, -0.1) is 0 Å². The number of carbonyl (C=O) groups excluding carboxylic acids is 2. The Kier molecular flexibility index (Phi) is 5.84. The van der Waals surface area contributed by atoms with Crippen LogP contribution in [-0.4, -0.2) is 37.0 Å². The van der Waals surface area contributed by atoms with E-state index >= 15 is 0 Å². The molecule has 0 aliphatic carbocycles. The highest BCUT2D eigenvalue weighted by Crippen LogP contribution is 2.35. The monoisotopic (exact) mass is 361 g/mol. The number of benzene rings is 1. The molecule has 1 aromatic carbocycles. The molecule has 6 heteroatoms. The molecule has 26 heavy (non-hydrogen) atoms. The average Bonchev–Trinajstić information content (AvgIpc) is 2.60. The van der Waals surface area contributed by atoms with E-state index in [4.69, 9.17) is 10.5 Å². The molecule has 2 rings (SSSR count). The molecule has 6 nitrogen and oxygen atoms in total. The average molecular weight is 361 g/mol. The zero-order valence-corrected chi connectivity index (χ0v) is 16.5. The van der Waals surface area contributed by atoms with Crippen LogP contribution in [0, 0.1) is 5.41 Å². The molecule has 1 aromatic rings. The smallest absolute Gasteiger partial charge is 0.321 e. The zero-order chi connectivity index (χ0) is 19.5. The maximum absolute atomic E-state index is 12.8. The Morgan fingerprint density at radius 1 is 1.35 bits per heavy atom. The van der Waals surface area contributed by atoms with Crippen LogP contribution in [0.3, 0.4) is 0 Å². The second-order valence-corrected chi connectivity index (χ2v) is 8.12. The summed E-state index contributed by atoms with van der Waals surface area (Å²) in [4.78, 5) is 26.4. The highest BCUT2D eigenvalue weighted by molar-refractivity contribution is 5.92. The molecule has 1 aliphatic rings. The van der Waals surface area contributed by atoms with E-state index in [0.29, 0.717) is 30.9 Å². The molecule has 144 valence electrons. The summed E-state index contributed by atoms with van der Waals surface area (Å²) in [6, 6.07) is 5.59. The summed E-state index contributed by atoms with van der Waals surface area (Å²) in [6.45, 7) is 9.27. The standard InChI is InChI=1S/C20H31N3O3/c1-6-20(17(21)24)10-7-11-23(13-20)18(25)22-15-12-14(19(2,3)4)8-9-16(15)26-5/h8-9,12H,6-7,10-11,13H2,1-5H3,(H2,21,24)(H,22,25)/t20-/m0/s1. The lowest BCUT2D eigenvalue weighted by Gasteiger charge is -2.40. The quantitative estimate of drug-likeness (QED) is 0.861. The van der Waals surface area contributed by atoms with Crippen molar-refractivity contribution >= 4 is 17.6 Å². The molecule has 1 aliphatic heterocycles. The first kappa shape index (κ1) is 20.1. The number of nitrogens with two attached hydrogens (primary N) is 1. The number of nitrogens with zero attached hydrogens (tertiary/aromatic N) is 1. The number of hydrogen-bond donors (Lipinski definition) is 2. The molecule has 1 atom stereocenters. The number of rotatable bonds is 4. The van der Waals surface area contributed by atoms with Crippen molar-refractivity contribution in [1.82, 2.24) is 4.90 Å². The number of hydrogen-bond acceptors (Lipinski definition) is 3. The van der Waals surface area contributed by atoms with E-state index in [1.165, 1.54) is 0 Å². The molecule has 3 N–H and O–H groups in total. The molecule has 0 spiro atoms. The number of urea groups is 1. The second kappa shape index (κ2) is 7.56. The van der Waals surface area contributed by atoms with E-state index in [1.54, 1.807) is 12.0 Å². The van der Waals surface area contributed by atoms with Gasteiger partial charge in [0, 0.05) is 13.1 Å². The number of likely N-dealkylation sites (tertiary alicyclic amines) is 1. The number of nitrogens with one attached hydrogen (secondary N) is 1. The summed E-state index contributed by atoms with van der Waals surface area (Å²) in [5, 5.41) is 2.95. The first-order valence-corrected chi connectivity index (χ1v) is 9.17. The molecular formula is C20H31N3O3. The Morgan fingerprint density at radius 3 is 2.58 bits per heavy atom. The number of anilines is 1. The molecule has 1 saturated heterocycles. The van der Waals surface area contributed by atoms with Gasteiger partial charge in [-0.25, -0.2) is 4.79 Å². The second-order valence-electron chi connectivity index (χ2n) is 8.12. The maximum Gasteiger partial charge on any atom is 0.321 e. The first-order valence-electron chi connectivity index (χ1n) is 9.17. The minimum Gasteiger partial charge on any atom is -0.495 e. The predicted molar refractivity (Wildman–Crippen MR) is 103 cm³/mol. The number of ether oxygens (including phenoxy) is 1. The number of amides is 3. The number of carbonyl (C=O) groups is 2. The van der Waals surface area contributed by atoms with E-state index in [9.17, 15) is 9.59 Å². The van der Waals surface area contributed by atoms with Crippen molar-refractivity contribution in [1.29, 1.82) is 0 Å². The van der Waals surface area contributed by atoms with Crippen molar-refractivity contribution in [3.63, 3.8) is 0 Å². The van der Waals surface area contributed by atoms with Crippen LogP contribution in [0.1, 0.15) is 52.5 Å². The number of primary amides is 1. The fraction of sp³-hybridized carbons (Fsp3) is 0.600. The van der Waals surface area contributed by atoms with Gasteiger partial charge in [0.25, 0.3) is 0 Å². The third kappa shape index (κ3) is 4.11. The Morgan fingerprint density at radius 2 is 2.04 bits per heavy atom. The van der Waals surface area contributed by atoms with Gasteiger partial charge >= 0.3 is 6.03 Å². The summed E-state index contributed by atoms with van der Waals surface area (Å²) in [5.74, 6) is 0.282. The van der Waals surface area contributed by atoms with Gasteiger partial charge in [-0.05, 0) is 42.4 Å². The lowest BCUT2D eigenvalue weighted by atomic mass is 9.77. The highest BCUT2D eigenvalue weighted by atomic mass is 16.5. The molecule has 0 saturated carbocycles. The lowest BCUT2D eigenvalue weighted by Crippen LogP contribution is -2.52. The summed E-state index contributed by atoms with van der Waals surface area (Å²) in [5.41, 5.74) is 6.69. The molecule has 0 radical (unpaired) electrons. The van der Waals surface area contributed by atoms with Crippen molar-refractivity contribution in [3.05, 3.63) is 23.8 Å². The third-order valence-electron chi connectivity index (χ3n) is 5.37. The van der Waals surface area contributed by atoms with E-state index < -0.39 is 5.41 Å². The number of piperidine rings is 1. The molecule has 3 amide bonds. The fourth-order valence-electron chi connectivity index (χ4n) is 3.44. The Bertz CT molecular complexity index is 681. The van der Waals surface area contributed by atoms with Gasteiger partial charge in [-0.1, -0.05) is 33.8 Å². The molecule has 0 aromatic heterocycles. The lowest BCUT2D eigenvalue weighted by molar-refractivity contribution is -0.130. The molecular weight excluding hydrogens is 330 g/mol. The zero-order valence-electron chi connectivity index (χ0n) is 16.5. The van der Waals surface area contributed by atoms with Crippen LogP contribution < -0.4 is 15.8 Å². The molecule has 0 bridgehead atoms. The van der Waals surface area contributed by atoms with Crippen LogP contribution in [-0.2, 0) is 10.2 Å². The largest absolute Gasteiger partial charge is 0.495 e. The normalized spacial score (nSPS) is 20.6. The van der Waals surface area contributed by atoms with E-state index in [-0.39, 0.29) is 17.4 Å². The Labute approximate surface area is 156 Å². The van der Waals surface area contributed by atoms with Gasteiger partial charge in [0.2, 0.25) is 5.91 Å². The van der Waals surface area contributed by atoms with E-state index in [0.717, 1.165) is 18.4 Å². The van der Waals surface area contributed by atoms with Gasteiger partial charge in [-0.2, -0.15) is 0 Å². The molecule has 0 unspecified atom stereocenters. The van der Waals surface area contributed by atoms with Crippen LogP contribution in [0.25, 0.3) is 0 Å². The SMILES string of the molecule is CC[C@]1(C(N)=O)CCCN(C(=O)Nc2cc(C(C)(C)C)ccc2OC)C1. The molecule has 1 fully saturated rings. The minimum atomic E-state index is -0.632. The van der Waals surface area contributed by atoms with Crippen molar-refractivity contribution in [3.8, 4) is 5.75 Å². The van der Waals surface area contributed by atoms with Gasteiger partial charge in [0.05, 0.1) is 18.2 Å². The third-order valence-corrected chi connectivity index (χ3v) is 5.37. The van der Waals surface area contributed by atoms with Gasteiger partial charge in [0.15, 0.2) is 0 Å². The van der Waals surface area contributed by atoms with Crippen molar-refractivity contribution in [2.24, 2.45) is 11.1 Å². The van der Waals surface area contributed by atoms with Crippen LogP contribution in [0.2, 0.25) is 0 Å². The van der Waals surface area contributed by atoms with Crippen LogP contribution in [0.4, 0.5) is 10.5 Å². The van der Waals surface area contributed by atoms with Crippen molar-refractivity contribution in [2.75, 3.05) is 25.5 Å². The maximum atomic E-state index is 12.8. The highest BCUT2D eigenvalue weighted by Gasteiger charge is 2.40. The first-order chi connectivity index (χ1) is 12.1. The van der Waals surface area contributed by atoms with Gasteiger partial charge in [0.1, 0.15) is 5.75 Å². The van der Waals surface area contributed by atoms with Crippen LogP contribution in [0.15, 0.2) is 18.2 Å². The summed E-state index contributed by atoms with van der Waals surface area (Å²) >= 11 is 0.